The largest absolute Gasteiger partial charge is 0.591 e. The van der Waals surface area contributed by atoms with E-state index >= 15 is 0 Å². The third-order valence-electron chi connectivity index (χ3n) is 6.25. The van der Waals surface area contributed by atoms with Crippen LogP contribution in [0.25, 0.3) is 0 Å². The summed E-state index contributed by atoms with van der Waals surface area (Å²) >= 11 is -1.24. The maximum absolute atomic E-state index is 12.8. The zero-order valence-electron chi connectivity index (χ0n) is 18.2. The van der Waals surface area contributed by atoms with E-state index in [4.69, 9.17) is 0 Å². The smallest absolute Gasteiger partial charge is 0.260 e. The average molecular weight is 430 g/mol. The van der Waals surface area contributed by atoms with Gasteiger partial charge in [0.05, 0.1) is 23.5 Å². The summed E-state index contributed by atoms with van der Waals surface area (Å²) < 4.78 is 17.5. The van der Waals surface area contributed by atoms with Gasteiger partial charge in [-0.1, -0.05) is 71.8 Å². The molecule has 0 amide bonds. The van der Waals surface area contributed by atoms with Crippen LogP contribution in [-0.4, -0.2) is 22.3 Å². The second kappa shape index (κ2) is 8.06. The maximum atomic E-state index is 12.8. The molecule has 3 aromatic rings. The summed E-state index contributed by atoms with van der Waals surface area (Å²) in [5.41, 5.74) is 7.25. The number of nitrogens with zero attached hydrogens (tertiary/aromatic N) is 3. The van der Waals surface area contributed by atoms with Crippen LogP contribution in [0.5, 0.6) is 0 Å². The van der Waals surface area contributed by atoms with Gasteiger partial charge in [-0.15, -0.1) is 0 Å². The molecule has 31 heavy (non-hydrogen) atoms. The first kappa shape index (κ1) is 20.2. The third-order valence-corrected chi connectivity index (χ3v) is 7.29. The second-order valence-electron chi connectivity index (χ2n) is 8.54. The second-order valence-corrected chi connectivity index (χ2v) is 9.70. The van der Waals surface area contributed by atoms with Crippen molar-refractivity contribution in [1.82, 2.24) is 0 Å². The van der Waals surface area contributed by atoms with Crippen LogP contribution in [0, 0.1) is 13.8 Å². The molecule has 5 heteroatoms. The van der Waals surface area contributed by atoms with Gasteiger partial charge >= 0.3 is 0 Å². The number of hydrogen-bond acceptors (Lipinski definition) is 4. The first-order chi connectivity index (χ1) is 15.0. The Kier molecular flexibility index (Phi) is 5.24. The molecule has 2 aliphatic heterocycles. The van der Waals surface area contributed by atoms with E-state index in [1.54, 1.807) is 0 Å². The molecule has 4 nitrogen and oxygen atoms in total. The Morgan fingerprint density at radius 2 is 1.55 bits per heavy atom. The van der Waals surface area contributed by atoms with Gasteiger partial charge in [-0.2, -0.15) is 0 Å². The first-order valence-corrected chi connectivity index (χ1v) is 12.1. The lowest BCUT2D eigenvalue weighted by Crippen LogP contribution is -2.52. The topological polar surface area (TPSA) is 41.9 Å². The highest BCUT2D eigenvalue weighted by Crippen LogP contribution is 2.45. The van der Waals surface area contributed by atoms with Gasteiger partial charge in [0.2, 0.25) is 0 Å². The van der Waals surface area contributed by atoms with Crippen molar-refractivity contribution in [2.45, 2.75) is 39.3 Å². The Balaban J connectivity index is 1.55. The summed E-state index contributed by atoms with van der Waals surface area (Å²) in [6.45, 7) is 6.40. The first-order valence-electron chi connectivity index (χ1n) is 10.8. The number of aryl methyl sites for hydroxylation is 2. The lowest BCUT2D eigenvalue weighted by molar-refractivity contribution is 0.580. The van der Waals surface area contributed by atoms with E-state index in [0.29, 0.717) is 5.75 Å². The van der Waals surface area contributed by atoms with E-state index < -0.39 is 11.4 Å². The minimum absolute atomic E-state index is 0.0839. The van der Waals surface area contributed by atoms with Crippen LogP contribution in [-0.2, 0) is 17.8 Å². The van der Waals surface area contributed by atoms with Crippen LogP contribution < -0.4 is 9.80 Å². The highest BCUT2D eigenvalue weighted by Gasteiger charge is 2.45. The van der Waals surface area contributed by atoms with Crippen LogP contribution in [0.1, 0.15) is 35.2 Å². The third kappa shape index (κ3) is 3.73. The number of hydrogen-bond donors (Lipinski definition) is 0. The van der Waals surface area contributed by atoms with Gasteiger partial charge < -0.3 is 4.55 Å². The molecule has 0 aliphatic carbocycles. The highest BCUT2D eigenvalue weighted by molar-refractivity contribution is 7.90. The highest BCUT2D eigenvalue weighted by atomic mass is 32.2. The van der Waals surface area contributed by atoms with Crippen LogP contribution in [0.3, 0.4) is 0 Å². The lowest BCUT2D eigenvalue weighted by Gasteiger charge is -2.35. The molecule has 2 heterocycles. The Morgan fingerprint density at radius 3 is 2.23 bits per heavy atom. The zero-order chi connectivity index (χ0) is 21.5. The molecule has 0 radical (unpaired) electrons. The molecule has 0 bridgehead atoms. The van der Waals surface area contributed by atoms with Crippen LogP contribution >= 0.6 is 0 Å². The molecule has 0 saturated carbocycles. The Labute approximate surface area is 187 Å². The van der Waals surface area contributed by atoms with Crippen LogP contribution in [0.2, 0.25) is 0 Å². The van der Waals surface area contributed by atoms with Crippen molar-refractivity contribution in [2.24, 2.45) is 4.40 Å². The minimum Gasteiger partial charge on any atom is -0.591 e. The fourth-order valence-electron chi connectivity index (χ4n) is 4.54. The average Bonchev–Trinajstić information content (AvgIpc) is 3.09. The van der Waals surface area contributed by atoms with Gasteiger partial charge in [-0.05, 0) is 54.8 Å². The molecule has 3 aromatic carbocycles. The molecule has 0 saturated heterocycles. The molecule has 0 aromatic heterocycles. The molecule has 2 aliphatic rings. The molecule has 5 rings (SSSR count). The number of benzene rings is 3. The van der Waals surface area contributed by atoms with E-state index in [1.165, 1.54) is 22.3 Å². The molecule has 2 unspecified atom stereocenters. The SMILES string of the molecule is Cc1ccc(C[C@H]2C[S+]([O-])N=C3N(C(C)c4ccc(C)cc4)c4ccccc4N32)cc1. The van der Waals surface area contributed by atoms with Gasteiger partial charge in [0, 0.05) is 0 Å². The maximum Gasteiger partial charge on any atom is 0.260 e. The normalized spacial score (nSPS) is 20.8. The van der Waals surface area contributed by atoms with E-state index in [1.807, 2.05) is 0 Å². The van der Waals surface area contributed by atoms with Crippen molar-refractivity contribution < 1.29 is 4.55 Å². The van der Waals surface area contributed by atoms with Crippen molar-refractivity contribution in [3.05, 3.63) is 95.1 Å². The van der Waals surface area contributed by atoms with Crippen molar-refractivity contribution in [1.29, 1.82) is 0 Å². The van der Waals surface area contributed by atoms with E-state index in [9.17, 15) is 4.55 Å². The minimum atomic E-state index is -1.24. The predicted molar refractivity (Wildman–Crippen MR) is 130 cm³/mol. The van der Waals surface area contributed by atoms with E-state index in [2.05, 4.69) is 108 Å². The summed E-state index contributed by atoms with van der Waals surface area (Å²) in [5.74, 6) is 1.34. The summed E-state index contributed by atoms with van der Waals surface area (Å²) in [6.07, 6.45) is 0.839. The monoisotopic (exact) mass is 429 g/mol. The molecule has 0 fully saturated rings. The number of anilines is 2. The molecular weight excluding hydrogens is 402 g/mol. The van der Waals surface area contributed by atoms with Crippen molar-refractivity contribution >= 4 is 28.7 Å². The Hall–Kier alpha value is -2.76. The van der Waals surface area contributed by atoms with Crippen molar-refractivity contribution in [2.75, 3.05) is 15.6 Å². The van der Waals surface area contributed by atoms with Gasteiger partial charge in [-0.3, -0.25) is 9.80 Å². The van der Waals surface area contributed by atoms with Gasteiger partial charge in [0.25, 0.3) is 5.96 Å². The van der Waals surface area contributed by atoms with E-state index in [0.717, 1.165) is 23.8 Å². The molecule has 0 spiro atoms. The van der Waals surface area contributed by atoms with Crippen molar-refractivity contribution in [3.8, 4) is 0 Å². The summed E-state index contributed by atoms with van der Waals surface area (Å²) in [5, 5.41) is 0. The summed E-state index contributed by atoms with van der Waals surface area (Å²) in [7, 11) is 0. The lowest BCUT2D eigenvalue weighted by atomic mass is 10.0. The fourth-order valence-corrected chi connectivity index (χ4v) is 5.57. The standard InChI is InChI=1S/C26H27N3OS/c1-18-8-12-21(13-9-18)16-23-17-31(30)27-26-28(20(3)22-14-10-19(2)11-15-22)24-6-4-5-7-25(24)29(23)26/h4-15,20,23H,16-17H2,1-3H3/t20?,23-,31?/m0/s1. The fraction of sp³-hybridized carbons (Fsp3) is 0.269. The van der Waals surface area contributed by atoms with Crippen LogP contribution in [0.4, 0.5) is 11.4 Å². The molecule has 158 valence electrons. The molecule has 0 N–H and O–H groups in total. The van der Waals surface area contributed by atoms with Gasteiger partial charge in [0.1, 0.15) is 11.4 Å². The molecule has 3 atom stereocenters. The van der Waals surface area contributed by atoms with Crippen LogP contribution in [0.15, 0.2) is 77.2 Å². The molecular formula is C26H27N3OS. The Bertz CT molecular complexity index is 1110. The Morgan fingerprint density at radius 1 is 0.935 bits per heavy atom. The predicted octanol–water partition coefficient (Wildman–Crippen LogP) is 5.34. The number of guanidine groups is 1. The number of fused-ring (bicyclic) bond motifs is 3. The number of rotatable bonds is 4. The summed E-state index contributed by atoms with van der Waals surface area (Å²) in [4.78, 5) is 4.56. The van der Waals surface area contributed by atoms with Gasteiger partial charge in [0.15, 0.2) is 5.75 Å². The van der Waals surface area contributed by atoms with Crippen molar-refractivity contribution in [3.63, 3.8) is 0 Å². The number of para-hydroxylation sites is 2. The quantitative estimate of drug-likeness (QED) is 0.526. The summed E-state index contributed by atoms with van der Waals surface area (Å²) in [6, 6.07) is 25.9. The van der Waals surface area contributed by atoms with E-state index in [-0.39, 0.29) is 12.1 Å². The zero-order valence-corrected chi connectivity index (χ0v) is 19.0. The van der Waals surface area contributed by atoms with Gasteiger partial charge in [-0.25, -0.2) is 0 Å².